The Hall–Kier alpha value is -3.97. The summed E-state index contributed by atoms with van der Waals surface area (Å²) in [6.07, 6.45) is 3.82. The summed E-state index contributed by atoms with van der Waals surface area (Å²) in [6.45, 7) is 7.07. The molecule has 0 bridgehead atoms. The molecular weight excluding hydrogens is 556 g/mol. The summed E-state index contributed by atoms with van der Waals surface area (Å²) < 4.78 is 65.8. The number of aryl methyl sites for hydroxylation is 1. The van der Waals surface area contributed by atoms with Gasteiger partial charge < -0.3 is 20.1 Å². The Morgan fingerprint density at radius 1 is 0.976 bits per heavy atom. The lowest BCUT2D eigenvalue weighted by Gasteiger charge is -2.36. The number of nitrogens with two attached hydrogens (primary N) is 1. The molecule has 2 N–H and O–H groups in total. The first kappa shape index (κ1) is 29.5. The number of nitrogen functional groups attached to an aromatic ring is 1. The van der Waals surface area contributed by atoms with Crippen LogP contribution in [0.15, 0.2) is 30.5 Å². The average Bonchev–Trinajstić information content (AvgIpc) is 3.43. The van der Waals surface area contributed by atoms with Crippen LogP contribution in [0.3, 0.4) is 0 Å². The Labute approximate surface area is 239 Å². The molecule has 0 unspecified atom stereocenters. The molecule has 1 saturated heterocycles. The Bertz CT molecular complexity index is 1560. The van der Waals surface area contributed by atoms with E-state index in [0.717, 1.165) is 73.1 Å². The fourth-order valence-electron chi connectivity index (χ4n) is 4.95. The van der Waals surface area contributed by atoms with Crippen molar-refractivity contribution in [3.8, 4) is 5.75 Å². The number of benzene rings is 2. The summed E-state index contributed by atoms with van der Waals surface area (Å²) in [4.78, 5) is 21.0. The van der Waals surface area contributed by atoms with E-state index in [9.17, 15) is 22.4 Å². The van der Waals surface area contributed by atoms with Crippen molar-refractivity contribution in [2.45, 2.75) is 32.7 Å². The largest absolute Gasteiger partial charge is 0.420 e. The van der Waals surface area contributed by atoms with Gasteiger partial charge >= 0.3 is 5.97 Å². The summed E-state index contributed by atoms with van der Waals surface area (Å²) >= 11 is 0. The Balaban J connectivity index is 1.09. The van der Waals surface area contributed by atoms with Crippen molar-refractivity contribution >= 4 is 39.3 Å². The minimum Gasteiger partial charge on any atom is -0.420 e. The number of ether oxygens (including phenoxy) is 2. The predicted octanol–water partition coefficient (Wildman–Crippen LogP) is 4.66. The highest BCUT2D eigenvalue weighted by atomic mass is 19.2. The van der Waals surface area contributed by atoms with Crippen molar-refractivity contribution in [2.75, 3.05) is 56.6 Å². The van der Waals surface area contributed by atoms with Gasteiger partial charge in [0.1, 0.15) is 5.52 Å². The van der Waals surface area contributed by atoms with E-state index >= 15 is 0 Å². The molecule has 4 aromatic rings. The fraction of sp³-hybridized carbons (Fsp3) is 0.414. The minimum atomic E-state index is -1.76. The van der Waals surface area contributed by atoms with Gasteiger partial charge in [-0.15, -0.1) is 0 Å². The fourth-order valence-corrected chi connectivity index (χ4v) is 4.95. The standard InChI is InChI=1S/C29H32F4N6O3/c1-2-3-7-39-17-20-19-15-18(4-5-23(19)35-29(34)27(20)36-39)38-10-8-37(9-11-38)12-14-41-13-6-24(40)42-28-25(32)21(30)16-22(31)26(28)33/h4-5,15-17H,2-3,6-14H2,1H3,(H2,34,35). The van der Waals surface area contributed by atoms with Crippen LogP contribution in [0, 0.1) is 23.3 Å². The number of rotatable bonds is 11. The third kappa shape index (κ3) is 6.41. The van der Waals surface area contributed by atoms with Crippen LogP contribution in [-0.4, -0.2) is 71.6 Å². The summed E-state index contributed by atoms with van der Waals surface area (Å²) in [5, 5.41) is 6.66. The first-order valence-electron chi connectivity index (χ1n) is 13.9. The molecule has 1 aliphatic rings. The van der Waals surface area contributed by atoms with E-state index in [-0.39, 0.29) is 19.1 Å². The van der Waals surface area contributed by atoms with Crippen LogP contribution in [0.5, 0.6) is 5.75 Å². The maximum absolute atomic E-state index is 13.7. The number of aromatic nitrogens is 3. The van der Waals surface area contributed by atoms with Crippen LogP contribution >= 0.6 is 0 Å². The number of hydrogen-bond donors (Lipinski definition) is 1. The molecule has 3 heterocycles. The van der Waals surface area contributed by atoms with Gasteiger partial charge in [-0.25, -0.2) is 13.8 Å². The first-order chi connectivity index (χ1) is 20.2. The number of esters is 1. The Kier molecular flexibility index (Phi) is 9.07. The first-order valence-corrected chi connectivity index (χ1v) is 13.9. The number of pyridine rings is 1. The summed E-state index contributed by atoms with van der Waals surface area (Å²) in [5.74, 6) is -8.86. The molecule has 42 heavy (non-hydrogen) atoms. The van der Waals surface area contributed by atoms with Crippen molar-refractivity contribution in [1.29, 1.82) is 0 Å². The van der Waals surface area contributed by atoms with Crippen LogP contribution in [0.25, 0.3) is 21.8 Å². The van der Waals surface area contributed by atoms with Crippen molar-refractivity contribution in [3.63, 3.8) is 0 Å². The van der Waals surface area contributed by atoms with E-state index in [4.69, 9.17) is 10.5 Å². The van der Waals surface area contributed by atoms with E-state index in [2.05, 4.69) is 43.7 Å². The molecule has 9 nitrogen and oxygen atoms in total. The zero-order chi connectivity index (χ0) is 29.8. The topological polar surface area (TPSA) is 98.7 Å². The van der Waals surface area contributed by atoms with Gasteiger partial charge in [0.05, 0.1) is 25.2 Å². The van der Waals surface area contributed by atoms with Crippen LogP contribution in [-0.2, 0) is 16.1 Å². The van der Waals surface area contributed by atoms with Gasteiger partial charge in [-0.3, -0.25) is 14.4 Å². The lowest BCUT2D eigenvalue weighted by atomic mass is 10.1. The molecule has 0 amide bonds. The average molecular weight is 589 g/mol. The second-order valence-corrected chi connectivity index (χ2v) is 10.2. The second-order valence-electron chi connectivity index (χ2n) is 10.2. The predicted molar refractivity (Wildman–Crippen MR) is 150 cm³/mol. The molecule has 5 rings (SSSR count). The van der Waals surface area contributed by atoms with Gasteiger partial charge in [0.2, 0.25) is 17.4 Å². The Morgan fingerprint density at radius 2 is 1.71 bits per heavy atom. The highest BCUT2D eigenvalue weighted by Gasteiger charge is 2.23. The number of carbonyl (C=O) groups excluding carboxylic acids is 1. The molecule has 2 aromatic carbocycles. The number of nitrogens with zero attached hydrogens (tertiary/aromatic N) is 5. The van der Waals surface area contributed by atoms with Gasteiger partial charge in [-0.05, 0) is 24.6 Å². The number of piperazine rings is 1. The smallest absolute Gasteiger partial charge is 0.313 e. The summed E-state index contributed by atoms with van der Waals surface area (Å²) in [6, 6.07) is 6.23. The number of fused-ring (bicyclic) bond motifs is 3. The third-order valence-corrected chi connectivity index (χ3v) is 7.28. The lowest BCUT2D eigenvalue weighted by Crippen LogP contribution is -2.47. The molecule has 0 aliphatic carbocycles. The molecule has 0 saturated carbocycles. The van der Waals surface area contributed by atoms with Gasteiger partial charge in [0.25, 0.3) is 0 Å². The Morgan fingerprint density at radius 3 is 2.43 bits per heavy atom. The zero-order valence-electron chi connectivity index (χ0n) is 23.2. The van der Waals surface area contributed by atoms with Gasteiger partial charge in [-0.1, -0.05) is 13.3 Å². The van der Waals surface area contributed by atoms with E-state index in [1.165, 1.54) is 0 Å². The molecule has 13 heteroatoms. The maximum atomic E-state index is 13.7. The lowest BCUT2D eigenvalue weighted by molar-refractivity contribution is -0.136. The number of unbranched alkanes of at least 4 members (excludes halogenated alkanes) is 1. The monoisotopic (exact) mass is 588 g/mol. The quantitative estimate of drug-likeness (QED) is 0.0889. The number of carbonyl (C=O) groups is 1. The minimum absolute atomic E-state index is 0.0448. The highest BCUT2D eigenvalue weighted by Crippen LogP contribution is 2.31. The van der Waals surface area contributed by atoms with Crippen molar-refractivity contribution in [2.24, 2.45) is 0 Å². The molecule has 1 aliphatic heterocycles. The third-order valence-electron chi connectivity index (χ3n) is 7.28. The van der Waals surface area contributed by atoms with Gasteiger partial charge in [0, 0.05) is 68.0 Å². The van der Waals surface area contributed by atoms with Crippen LogP contribution in [0.1, 0.15) is 26.2 Å². The molecule has 1 fully saturated rings. The van der Waals surface area contributed by atoms with E-state index in [1.807, 2.05) is 16.9 Å². The maximum Gasteiger partial charge on any atom is 0.313 e. The molecule has 0 atom stereocenters. The van der Waals surface area contributed by atoms with Crippen LogP contribution in [0.4, 0.5) is 29.1 Å². The molecule has 224 valence electrons. The van der Waals surface area contributed by atoms with Crippen LogP contribution < -0.4 is 15.4 Å². The van der Waals surface area contributed by atoms with Crippen molar-refractivity contribution < 1.29 is 31.8 Å². The van der Waals surface area contributed by atoms with Gasteiger partial charge in [0.15, 0.2) is 17.5 Å². The van der Waals surface area contributed by atoms with E-state index < -0.39 is 35.0 Å². The van der Waals surface area contributed by atoms with Gasteiger partial charge in [-0.2, -0.15) is 13.9 Å². The van der Waals surface area contributed by atoms with Crippen molar-refractivity contribution in [1.82, 2.24) is 19.7 Å². The molecule has 2 aromatic heterocycles. The normalized spacial score (nSPS) is 14.3. The zero-order valence-corrected chi connectivity index (χ0v) is 23.2. The van der Waals surface area contributed by atoms with Crippen LogP contribution in [0.2, 0.25) is 0 Å². The van der Waals surface area contributed by atoms with Crippen molar-refractivity contribution in [3.05, 3.63) is 53.7 Å². The molecular formula is C29H32F4N6O3. The molecule has 0 spiro atoms. The summed E-state index contributed by atoms with van der Waals surface area (Å²) in [5.41, 5.74) is 8.84. The highest BCUT2D eigenvalue weighted by molar-refractivity contribution is 6.08. The van der Waals surface area contributed by atoms with E-state index in [1.54, 1.807) is 0 Å². The molecule has 0 radical (unpaired) electrons. The number of hydrogen-bond acceptors (Lipinski definition) is 8. The summed E-state index contributed by atoms with van der Waals surface area (Å²) in [7, 11) is 0. The number of anilines is 2. The SMILES string of the molecule is CCCCn1cc2c(n1)c(N)nc1ccc(N3CCN(CCOCCC(=O)Oc4c(F)c(F)cc(F)c4F)CC3)cc12. The second kappa shape index (κ2) is 12.9. The number of halogens is 4. The van der Waals surface area contributed by atoms with E-state index in [0.29, 0.717) is 19.0 Å².